The zero-order valence-electron chi connectivity index (χ0n) is 10.9. The zero-order valence-corrected chi connectivity index (χ0v) is 13.3. The van der Waals surface area contributed by atoms with E-state index in [1.54, 1.807) is 6.07 Å². The summed E-state index contributed by atoms with van der Waals surface area (Å²) >= 11 is 3.20. The van der Waals surface area contributed by atoms with Crippen molar-refractivity contribution in [3.8, 4) is 0 Å². The fourth-order valence-corrected chi connectivity index (χ4v) is 3.08. The summed E-state index contributed by atoms with van der Waals surface area (Å²) in [4.78, 5) is 11.8. The lowest BCUT2D eigenvalue weighted by Gasteiger charge is -2.14. The molecule has 8 heteroatoms. The van der Waals surface area contributed by atoms with Gasteiger partial charge in [0.25, 0.3) is 0 Å². The number of anilines is 1. The van der Waals surface area contributed by atoms with E-state index in [2.05, 4.69) is 26.0 Å². The SMILES string of the molecule is CC(NS(=O)(=O)c1ccc(Br)c(N)c1)C(=O)NC1CC1. The van der Waals surface area contributed by atoms with Crippen LogP contribution < -0.4 is 15.8 Å². The molecule has 6 nitrogen and oxygen atoms in total. The van der Waals surface area contributed by atoms with Gasteiger partial charge in [-0.3, -0.25) is 4.79 Å². The molecular formula is C12H16BrN3O3S. The Labute approximate surface area is 126 Å². The molecule has 0 heterocycles. The van der Waals surface area contributed by atoms with Gasteiger partial charge in [-0.1, -0.05) is 0 Å². The fourth-order valence-electron chi connectivity index (χ4n) is 1.60. The Morgan fingerprint density at radius 3 is 2.65 bits per heavy atom. The van der Waals surface area contributed by atoms with Crippen molar-refractivity contribution in [1.82, 2.24) is 10.0 Å². The Morgan fingerprint density at radius 1 is 1.45 bits per heavy atom. The van der Waals surface area contributed by atoms with Crippen LogP contribution in [0.3, 0.4) is 0 Å². The molecule has 1 amide bonds. The summed E-state index contributed by atoms with van der Waals surface area (Å²) in [6.07, 6.45) is 1.91. The number of nitrogens with one attached hydrogen (secondary N) is 2. The predicted molar refractivity (Wildman–Crippen MR) is 79.5 cm³/mol. The Hall–Kier alpha value is -1.12. The van der Waals surface area contributed by atoms with Gasteiger partial charge in [-0.05, 0) is 53.9 Å². The number of hydrogen-bond donors (Lipinski definition) is 3. The molecule has 1 aromatic rings. The topological polar surface area (TPSA) is 101 Å². The van der Waals surface area contributed by atoms with Gasteiger partial charge in [-0.25, -0.2) is 8.42 Å². The van der Waals surface area contributed by atoms with Gasteiger partial charge >= 0.3 is 0 Å². The van der Waals surface area contributed by atoms with Crippen molar-refractivity contribution < 1.29 is 13.2 Å². The van der Waals surface area contributed by atoms with Gasteiger partial charge in [-0.2, -0.15) is 4.72 Å². The van der Waals surface area contributed by atoms with Crippen LogP contribution >= 0.6 is 15.9 Å². The first-order chi connectivity index (χ1) is 9.29. The van der Waals surface area contributed by atoms with Crippen LogP contribution in [0, 0.1) is 0 Å². The molecule has 1 aromatic carbocycles. The third-order valence-electron chi connectivity index (χ3n) is 2.93. The van der Waals surface area contributed by atoms with E-state index >= 15 is 0 Å². The van der Waals surface area contributed by atoms with Crippen molar-refractivity contribution in [2.45, 2.75) is 36.7 Å². The molecule has 0 radical (unpaired) electrons. The summed E-state index contributed by atoms with van der Waals surface area (Å²) in [5, 5.41) is 2.75. The van der Waals surface area contributed by atoms with Crippen LogP contribution in [-0.2, 0) is 14.8 Å². The van der Waals surface area contributed by atoms with Crippen LogP contribution in [0.15, 0.2) is 27.6 Å². The summed E-state index contributed by atoms with van der Waals surface area (Å²) < 4.78 is 27.3. The van der Waals surface area contributed by atoms with Crippen molar-refractivity contribution in [3.05, 3.63) is 22.7 Å². The minimum atomic E-state index is -3.77. The van der Waals surface area contributed by atoms with E-state index in [0.717, 1.165) is 12.8 Å². The minimum absolute atomic E-state index is 0.0317. The largest absolute Gasteiger partial charge is 0.398 e. The molecule has 0 spiro atoms. The Balaban J connectivity index is 2.09. The van der Waals surface area contributed by atoms with Crippen molar-refractivity contribution in [1.29, 1.82) is 0 Å². The number of nitrogen functional groups attached to an aromatic ring is 1. The molecule has 1 unspecified atom stereocenters. The zero-order chi connectivity index (χ0) is 14.9. The Bertz CT molecular complexity index is 629. The van der Waals surface area contributed by atoms with E-state index < -0.39 is 16.1 Å². The molecule has 0 bridgehead atoms. The highest BCUT2D eigenvalue weighted by Crippen LogP contribution is 2.23. The van der Waals surface area contributed by atoms with Crippen molar-refractivity contribution >= 4 is 37.5 Å². The lowest BCUT2D eigenvalue weighted by atomic mass is 10.3. The second-order valence-electron chi connectivity index (χ2n) is 4.81. The quantitative estimate of drug-likeness (QED) is 0.680. The van der Waals surface area contributed by atoms with Crippen molar-refractivity contribution in [3.63, 3.8) is 0 Å². The highest BCUT2D eigenvalue weighted by atomic mass is 79.9. The van der Waals surface area contributed by atoms with E-state index in [1.807, 2.05) is 0 Å². The summed E-state index contributed by atoms with van der Waals surface area (Å²) in [5.41, 5.74) is 5.99. The predicted octanol–water partition coefficient (Wildman–Crippen LogP) is 0.977. The summed E-state index contributed by atoms with van der Waals surface area (Å²) in [7, 11) is -3.77. The number of halogens is 1. The molecule has 0 aliphatic heterocycles. The van der Waals surface area contributed by atoms with Gasteiger partial charge in [0.05, 0.1) is 10.9 Å². The average Bonchev–Trinajstić information content (AvgIpc) is 3.15. The fraction of sp³-hybridized carbons (Fsp3) is 0.417. The van der Waals surface area contributed by atoms with E-state index in [0.29, 0.717) is 10.2 Å². The maximum atomic E-state index is 12.1. The van der Waals surface area contributed by atoms with Crippen LogP contribution in [0.2, 0.25) is 0 Å². The van der Waals surface area contributed by atoms with E-state index in [1.165, 1.54) is 19.1 Å². The second kappa shape index (κ2) is 5.71. The van der Waals surface area contributed by atoms with Gasteiger partial charge < -0.3 is 11.1 Å². The first-order valence-corrected chi connectivity index (χ1v) is 8.45. The summed E-state index contributed by atoms with van der Waals surface area (Å²) in [6.45, 7) is 1.51. The van der Waals surface area contributed by atoms with E-state index in [4.69, 9.17) is 5.73 Å². The van der Waals surface area contributed by atoms with Gasteiger partial charge in [0.2, 0.25) is 15.9 Å². The van der Waals surface area contributed by atoms with E-state index in [9.17, 15) is 13.2 Å². The van der Waals surface area contributed by atoms with Crippen molar-refractivity contribution in [2.24, 2.45) is 0 Å². The summed E-state index contributed by atoms with van der Waals surface area (Å²) in [6, 6.07) is 3.69. The molecule has 1 saturated carbocycles. The smallest absolute Gasteiger partial charge is 0.241 e. The van der Waals surface area contributed by atoms with Crippen LogP contribution in [0.1, 0.15) is 19.8 Å². The number of rotatable bonds is 5. The lowest BCUT2D eigenvalue weighted by Crippen LogP contribution is -2.45. The van der Waals surface area contributed by atoms with E-state index in [-0.39, 0.29) is 16.8 Å². The third-order valence-corrected chi connectivity index (χ3v) is 5.19. The van der Waals surface area contributed by atoms with Gasteiger partial charge in [-0.15, -0.1) is 0 Å². The van der Waals surface area contributed by atoms with Crippen molar-refractivity contribution in [2.75, 3.05) is 5.73 Å². The first-order valence-electron chi connectivity index (χ1n) is 6.17. The average molecular weight is 362 g/mol. The molecule has 1 aliphatic carbocycles. The summed E-state index contributed by atoms with van der Waals surface area (Å²) in [5.74, 6) is -0.318. The maximum Gasteiger partial charge on any atom is 0.241 e. The molecule has 4 N–H and O–H groups in total. The molecule has 1 atom stereocenters. The highest BCUT2D eigenvalue weighted by molar-refractivity contribution is 9.10. The van der Waals surface area contributed by atoms with Crippen LogP contribution in [0.25, 0.3) is 0 Å². The highest BCUT2D eigenvalue weighted by Gasteiger charge is 2.28. The number of sulfonamides is 1. The number of hydrogen-bond acceptors (Lipinski definition) is 4. The molecule has 1 fully saturated rings. The molecular weight excluding hydrogens is 346 g/mol. The van der Waals surface area contributed by atoms with Gasteiger partial charge in [0.15, 0.2) is 0 Å². The van der Waals surface area contributed by atoms with Gasteiger partial charge in [0.1, 0.15) is 0 Å². The maximum absolute atomic E-state index is 12.1. The second-order valence-corrected chi connectivity index (χ2v) is 7.38. The first kappa shape index (κ1) is 15.3. The molecule has 0 aromatic heterocycles. The number of carbonyl (C=O) groups is 1. The third kappa shape index (κ3) is 3.71. The normalized spacial score (nSPS) is 16.7. The number of nitrogens with two attached hydrogens (primary N) is 1. The monoisotopic (exact) mass is 361 g/mol. The minimum Gasteiger partial charge on any atom is -0.398 e. The van der Waals surface area contributed by atoms with Gasteiger partial charge in [0, 0.05) is 16.2 Å². The number of benzene rings is 1. The molecule has 110 valence electrons. The molecule has 1 aliphatic rings. The van der Waals surface area contributed by atoms with Crippen LogP contribution in [-0.4, -0.2) is 26.4 Å². The van der Waals surface area contributed by atoms with Crippen LogP contribution in [0.5, 0.6) is 0 Å². The molecule has 0 saturated heterocycles. The number of amides is 1. The molecule has 20 heavy (non-hydrogen) atoms. The lowest BCUT2D eigenvalue weighted by molar-refractivity contribution is -0.122. The number of carbonyl (C=O) groups excluding carboxylic acids is 1. The Kier molecular flexibility index (Phi) is 4.36. The standard InChI is InChI=1S/C12H16BrN3O3S/c1-7(12(17)15-8-2-3-8)16-20(18,19)9-4-5-10(13)11(14)6-9/h4-8,16H,2-3,14H2,1H3,(H,15,17). The molecule has 2 rings (SSSR count). The van der Waals surface area contributed by atoms with Crippen LogP contribution in [0.4, 0.5) is 5.69 Å². The Morgan fingerprint density at radius 2 is 2.10 bits per heavy atom.